The van der Waals surface area contributed by atoms with Gasteiger partial charge in [0.15, 0.2) is 5.75 Å². The van der Waals surface area contributed by atoms with Crippen LogP contribution in [0.25, 0.3) is 10.9 Å². The Morgan fingerprint density at radius 3 is 2.58 bits per heavy atom. The largest absolute Gasteiger partial charge is 0.459 e. The van der Waals surface area contributed by atoms with E-state index in [4.69, 9.17) is 9.47 Å². The highest BCUT2D eigenvalue weighted by atomic mass is 16.5. The molecule has 0 bridgehead atoms. The van der Waals surface area contributed by atoms with Crippen LogP contribution in [0.15, 0.2) is 18.2 Å². The second-order valence-corrected chi connectivity index (χ2v) is 4.28. The fourth-order valence-corrected chi connectivity index (χ4v) is 1.94. The minimum absolute atomic E-state index is 0.176. The number of aromatic amines is 1. The third-order valence-corrected chi connectivity index (χ3v) is 2.83. The van der Waals surface area contributed by atoms with Crippen LogP contribution in [0.3, 0.4) is 0 Å². The maximum atomic E-state index is 11.1. The molecule has 5 nitrogen and oxygen atoms in total. The quantitative estimate of drug-likeness (QED) is 0.680. The van der Waals surface area contributed by atoms with E-state index in [1.165, 1.54) is 13.8 Å². The minimum atomic E-state index is -0.374. The van der Waals surface area contributed by atoms with Gasteiger partial charge in [-0.25, -0.2) is 0 Å². The Kier molecular flexibility index (Phi) is 3.55. The number of para-hydroxylation sites is 1. The van der Waals surface area contributed by atoms with Gasteiger partial charge in [-0.2, -0.15) is 0 Å². The summed E-state index contributed by atoms with van der Waals surface area (Å²) < 4.78 is 10.1. The molecule has 0 spiro atoms. The van der Waals surface area contributed by atoms with Crippen molar-refractivity contribution in [2.75, 3.05) is 0 Å². The Morgan fingerprint density at radius 2 is 1.95 bits per heavy atom. The Hall–Kier alpha value is -2.30. The van der Waals surface area contributed by atoms with Crippen molar-refractivity contribution >= 4 is 22.8 Å². The molecule has 1 N–H and O–H groups in total. The first-order valence-electron chi connectivity index (χ1n) is 5.91. The molecule has 0 aliphatic heterocycles. The lowest BCUT2D eigenvalue weighted by atomic mass is 10.1. The molecule has 1 aromatic heterocycles. The number of aromatic nitrogens is 1. The van der Waals surface area contributed by atoms with Crippen LogP contribution in [0.4, 0.5) is 0 Å². The summed E-state index contributed by atoms with van der Waals surface area (Å²) in [5.41, 5.74) is 2.51. The van der Waals surface area contributed by atoms with Gasteiger partial charge in [0.1, 0.15) is 6.61 Å². The fraction of sp³-hybridized carbons (Fsp3) is 0.286. The number of carbonyl (C=O) groups excluding carboxylic acids is 2. The summed E-state index contributed by atoms with van der Waals surface area (Å²) in [5.74, 6) is -0.235. The van der Waals surface area contributed by atoms with Crippen LogP contribution in [0.1, 0.15) is 25.1 Å². The highest BCUT2D eigenvalue weighted by Gasteiger charge is 2.13. The van der Waals surface area contributed by atoms with Crippen molar-refractivity contribution in [3.05, 3.63) is 29.5 Å². The van der Waals surface area contributed by atoms with E-state index in [1.807, 2.05) is 19.1 Å². The normalized spacial score (nSPS) is 10.5. The molecule has 0 unspecified atom stereocenters. The molecule has 0 radical (unpaired) electrons. The predicted octanol–water partition coefficient (Wildman–Crippen LogP) is 2.46. The molecule has 5 heteroatoms. The van der Waals surface area contributed by atoms with Crippen LogP contribution in [0.2, 0.25) is 0 Å². The van der Waals surface area contributed by atoms with Gasteiger partial charge in [-0.1, -0.05) is 12.1 Å². The number of ether oxygens (including phenoxy) is 2. The Bertz CT molecular complexity index is 642. The van der Waals surface area contributed by atoms with Crippen LogP contribution >= 0.6 is 0 Å². The van der Waals surface area contributed by atoms with Crippen LogP contribution in [0, 0.1) is 6.92 Å². The van der Waals surface area contributed by atoms with Crippen molar-refractivity contribution in [3.63, 3.8) is 0 Å². The number of benzene rings is 1. The van der Waals surface area contributed by atoms with Gasteiger partial charge in [0.2, 0.25) is 0 Å². The molecule has 2 aromatic rings. The number of hydrogen-bond donors (Lipinski definition) is 1. The minimum Gasteiger partial charge on any atom is -0.459 e. The van der Waals surface area contributed by atoms with Crippen molar-refractivity contribution in [1.29, 1.82) is 0 Å². The molecule has 0 aliphatic rings. The van der Waals surface area contributed by atoms with E-state index >= 15 is 0 Å². The standard InChI is InChI=1S/C14H15NO4/c1-8-11-5-4-6-13(19-10(3)17)14(11)15-12(8)7-18-9(2)16/h4-6,15H,7H2,1-3H3. The lowest BCUT2D eigenvalue weighted by Crippen LogP contribution is -2.02. The highest BCUT2D eigenvalue weighted by Crippen LogP contribution is 2.29. The molecule has 0 aliphatic carbocycles. The van der Waals surface area contributed by atoms with E-state index < -0.39 is 0 Å². The number of H-pyrrole nitrogens is 1. The summed E-state index contributed by atoms with van der Waals surface area (Å²) in [6.45, 7) is 4.82. The molecule has 0 amide bonds. The number of hydrogen-bond acceptors (Lipinski definition) is 4. The first-order chi connectivity index (χ1) is 8.99. The van der Waals surface area contributed by atoms with E-state index in [1.54, 1.807) is 6.07 Å². The number of fused-ring (bicyclic) bond motifs is 1. The van der Waals surface area contributed by atoms with Crippen molar-refractivity contribution in [1.82, 2.24) is 4.98 Å². The third-order valence-electron chi connectivity index (χ3n) is 2.83. The lowest BCUT2D eigenvalue weighted by molar-refractivity contribution is -0.142. The van der Waals surface area contributed by atoms with Gasteiger partial charge >= 0.3 is 11.9 Å². The van der Waals surface area contributed by atoms with Crippen molar-refractivity contribution in [3.8, 4) is 5.75 Å². The van der Waals surface area contributed by atoms with Gasteiger partial charge in [-0.15, -0.1) is 0 Å². The Morgan fingerprint density at radius 1 is 1.21 bits per heavy atom. The molecule has 0 atom stereocenters. The van der Waals surface area contributed by atoms with Crippen molar-refractivity contribution in [2.45, 2.75) is 27.4 Å². The number of esters is 2. The third kappa shape index (κ3) is 2.76. The summed E-state index contributed by atoms with van der Waals surface area (Å²) in [7, 11) is 0. The van der Waals surface area contributed by atoms with E-state index in [0.717, 1.165) is 22.2 Å². The van der Waals surface area contributed by atoms with E-state index in [-0.39, 0.29) is 18.5 Å². The summed E-state index contributed by atoms with van der Waals surface area (Å²) in [6, 6.07) is 5.46. The van der Waals surface area contributed by atoms with E-state index in [2.05, 4.69) is 4.98 Å². The van der Waals surface area contributed by atoms with Crippen LogP contribution in [0.5, 0.6) is 5.75 Å². The summed E-state index contributed by atoms with van der Waals surface area (Å²) >= 11 is 0. The Balaban J connectivity index is 2.43. The molecule has 19 heavy (non-hydrogen) atoms. The molecule has 2 rings (SSSR count). The van der Waals surface area contributed by atoms with Gasteiger partial charge < -0.3 is 14.5 Å². The van der Waals surface area contributed by atoms with Crippen LogP contribution in [-0.2, 0) is 20.9 Å². The van der Waals surface area contributed by atoms with Gasteiger partial charge in [-0.3, -0.25) is 9.59 Å². The summed E-state index contributed by atoms with van der Waals surface area (Å²) in [4.78, 5) is 25.0. The average Bonchev–Trinajstić information content (AvgIpc) is 2.65. The second-order valence-electron chi connectivity index (χ2n) is 4.28. The van der Waals surface area contributed by atoms with Gasteiger partial charge in [-0.05, 0) is 18.6 Å². The number of aryl methyl sites for hydroxylation is 1. The maximum absolute atomic E-state index is 11.1. The van der Waals surface area contributed by atoms with Gasteiger partial charge in [0.05, 0.1) is 11.2 Å². The first kappa shape index (κ1) is 13.1. The van der Waals surface area contributed by atoms with E-state index in [0.29, 0.717) is 5.75 Å². The smallest absolute Gasteiger partial charge is 0.308 e. The SMILES string of the molecule is CC(=O)OCc1[nH]c2c(OC(C)=O)cccc2c1C. The van der Waals surface area contributed by atoms with E-state index in [9.17, 15) is 9.59 Å². The zero-order chi connectivity index (χ0) is 14.0. The molecular weight excluding hydrogens is 246 g/mol. The molecule has 1 aromatic carbocycles. The zero-order valence-corrected chi connectivity index (χ0v) is 11.1. The number of carbonyl (C=O) groups is 2. The molecular formula is C14H15NO4. The topological polar surface area (TPSA) is 68.4 Å². The molecule has 0 saturated heterocycles. The zero-order valence-electron chi connectivity index (χ0n) is 11.1. The second kappa shape index (κ2) is 5.14. The van der Waals surface area contributed by atoms with Gasteiger partial charge in [0, 0.05) is 19.2 Å². The lowest BCUT2D eigenvalue weighted by Gasteiger charge is -2.02. The average molecular weight is 261 g/mol. The number of nitrogens with one attached hydrogen (secondary N) is 1. The predicted molar refractivity (Wildman–Crippen MR) is 69.8 cm³/mol. The first-order valence-corrected chi connectivity index (χ1v) is 5.91. The molecule has 1 heterocycles. The Labute approximate surface area is 110 Å². The maximum Gasteiger partial charge on any atom is 0.308 e. The van der Waals surface area contributed by atoms with Crippen molar-refractivity contribution in [2.24, 2.45) is 0 Å². The summed E-state index contributed by atoms with van der Waals surface area (Å²) in [5, 5.41) is 0.945. The fourth-order valence-electron chi connectivity index (χ4n) is 1.94. The molecule has 0 fully saturated rings. The van der Waals surface area contributed by atoms with Crippen molar-refractivity contribution < 1.29 is 19.1 Å². The summed E-state index contributed by atoms with van der Waals surface area (Å²) in [6.07, 6.45) is 0. The highest BCUT2D eigenvalue weighted by molar-refractivity contribution is 5.91. The molecule has 0 saturated carbocycles. The van der Waals surface area contributed by atoms with Crippen LogP contribution in [-0.4, -0.2) is 16.9 Å². The number of rotatable bonds is 3. The monoisotopic (exact) mass is 261 g/mol. The van der Waals surface area contributed by atoms with Gasteiger partial charge in [0.25, 0.3) is 0 Å². The van der Waals surface area contributed by atoms with Crippen LogP contribution < -0.4 is 4.74 Å². The molecule has 100 valence electrons.